The normalized spacial score (nSPS) is 27.3. The molecule has 0 radical (unpaired) electrons. The van der Waals surface area contributed by atoms with Crippen LogP contribution in [0.15, 0.2) is 12.2 Å². The Morgan fingerprint density at radius 3 is 2.88 bits per heavy atom. The summed E-state index contributed by atoms with van der Waals surface area (Å²) in [6, 6.07) is 0.582. The molecule has 1 nitrogen and oxygen atoms in total. The lowest BCUT2D eigenvalue weighted by Crippen LogP contribution is -2.31. The van der Waals surface area contributed by atoms with E-state index in [0.717, 1.165) is 32.2 Å². The summed E-state index contributed by atoms with van der Waals surface area (Å²) in [5.74, 6) is 0.266. The smallest absolute Gasteiger partial charge is 0.121 e. The lowest BCUT2D eigenvalue weighted by molar-refractivity contribution is 0.198. The summed E-state index contributed by atoms with van der Waals surface area (Å²) in [4.78, 5) is 2.38. The highest BCUT2D eigenvalue weighted by Crippen LogP contribution is 2.26. The summed E-state index contributed by atoms with van der Waals surface area (Å²) in [6.45, 7) is 5.60. The predicted molar refractivity (Wildman–Crippen MR) is 68.4 cm³/mol. The number of halogens is 1. The molecular weight excluding hydrogens is 201 g/mol. The fraction of sp³-hybridized carbons (Fsp3) is 0.857. The van der Waals surface area contributed by atoms with Gasteiger partial charge in [0.15, 0.2) is 0 Å². The number of hydrogen-bond donors (Lipinski definition) is 0. The number of hydrogen-bond acceptors (Lipinski definition) is 1. The van der Waals surface area contributed by atoms with E-state index in [1.807, 2.05) is 6.08 Å². The van der Waals surface area contributed by atoms with Crippen LogP contribution in [0.2, 0.25) is 0 Å². The van der Waals surface area contributed by atoms with Crippen LogP contribution in [-0.4, -0.2) is 30.7 Å². The van der Waals surface area contributed by atoms with Crippen LogP contribution in [0.5, 0.6) is 0 Å². The first-order valence-electron chi connectivity index (χ1n) is 6.66. The minimum absolute atomic E-state index is 0.266. The fourth-order valence-electron chi connectivity index (χ4n) is 2.41. The first-order valence-corrected chi connectivity index (χ1v) is 6.66. The zero-order chi connectivity index (χ0) is 12.0. The quantitative estimate of drug-likeness (QED) is 0.624. The zero-order valence-corrected chi connectivity index (χ0v) is 11.0. The van der Waals surface area contributed by atoms with Gasteiger partial charge in [0.05, 0.1) is 0 Å². The second-order valence-corrected chi connectivity index (χ2v) is 5.12. The number of alkyl halides is 1. The zero-order valence-electron chi connectivity index (χ0n) is 11.0. The summed E-state index contributed by atoms with van der Waals surface area (Å²) in [5.41, 5.74) is 0. The molecule has 0 saturated carbocycles. The molecular formula is C14H26FN. The summed E-state index contributed by atoms with van der Waals surface area (Å²) in [6.07, 6.45) is 8.46. The fourth-order valence-corrected chi connectivity index (χ4v) is 2.41. The molecule has 0 heterocycles. The second kappa shape index (κ2) is 7.05. The molecule has 0 aliphatic heterocycles. The molecule has 0 bridgehead atoms. The SMILES string of the molecule is CCCN(C)C(C)CCC1CCC=CC1F. The monoisotopic (exact) mass is 227 g/mol. The summed E-state index contributed by atoms with van der Waals surface area (Å²) in [7, 11) is 2.17. The van der Waals surface area contributed by atoms with Crippen molar-refractivity contribution in [3.63, 3.8) is 0 Å². The Morgan fingerprint density at radius 2 is 2.25 bits per heavy atom. The Balaban J connectivity index is 2.25. The van der Waals surface area contributed by atoms with E-state index in [4.69, 9.17) is 0 Å². The van der Waals surface area contributed by atoms with E-state index >= 15 is 0 Å². The van der Waals surface area contributed by atoms with Gasteiger partial charge in [0.2, 0.25) is 0 Å². The highest BCUT2D eigenvalue weighted by molar-refractivity contribution is 4.97. The molecule has 94 valence electrons. The van der Waals surface area contributed by atoms with E-state index in [0.29, 0.717) is 6.04 Å². The molecule has 1 aliphatic carbocycles. The van der Waals surface area contributed by atoms with Crippen molar-refractivity contribution < 1.29 is 4.39 Å². The average molecular weight is 227 g/mol. The van der Waals surface area contributed by atoms with Crippen LogP contribution >= 0.6 is 0 Å². The van der Waals surface area contributed by atoms with Gasteiger partial charge in [0.25, 0.3) is 0 Å². The van der Waals surface area contributed by atoms with Crippen LogP contribution < -0.4 is 0 Å². The Bertz CT molecular complexity index is 215. The second-order valence-electron chi connectivity index (χ2n) is 5.12. The summed E-state index contributed by atoms with van der Waals surface area (Å²) < 4.78 is 13.5. The first kappa shape index (κ1) is 13.7. The van der Waals surface area contributed by atoms with Gasteiger partial charge >= 0.3 is 0 Å². The van der Waals surface area contributed by atoms with Crippen molar-refractivity contribution in [2.45, 2.75) is 58.2 Å². The lowest BCUT2D eigenvalue weighted by atomic mass is 9.87. The molecule has 0 aromatic carbocycles. The molecule has 0 spiro atoms. The maximum Gasteiger partial charge on any atom is 0.121 e. The van der Waals surface area contributed by atoms with Crippen molar-refractivity contribution in [3.05, 3.63) is 12.2 Å². The molecule has 2 heteroatoms. The molecule has 1 rings (SSSR count). The van der Waals surface area contributed by atoms with E-state index in [-0.39, 0.29) is 5.92 Å². The van der Waals surface area contributed by atoms with Crippen molar-refractivity contribution in [1.82, 2.24) is 4.90 Å². The van der Waals surface area contributed by atoms with Crippen molar-refractivity contribution in [2.75, 3.05) is 13.6 Å². The van der Waals surface area contributed by atoms with Crippen LogP contribution in [0.4, 0.5) is 4.39 Å². The van der Waals surface area contributed by atoms with Crippen LogP contribution in [0.3, 0.4) is 0 Å². The Morgan fingerprint density at radius 1 is 1.50 bits per heavy atom. The predicted octanol–water partition coefficient (Wildman–Crippen LogP) is 3.80. The molecule has 0 aromatic rings. The average Bonchev–Trinajstić information content (AvgIpc) is 2.28. The summed E-state index contributed by atoms with van der Waals surface area (Å²) in [5, 5.41) is 0. The highest BCUT2D eigenvalue weighted by Gasteiger charge is 2.21. The van der Waals surface area contributed by atoms with Crippen molar-refractivity contribution in [1.29, 1.82) is 0 Å². The van der Waals surface area contributed by atoms with E-state index < -0.39 is 6.17 Å². The molecule has 0 N–H and O–H groups in total. The van der Waals surface area contributed by atoms with Gasteiger partial charge in [-0.3, -0.25) is 0 Å². The van der Waals surface area contributed by atoms with Crippen LogP contribution in [-0.2, 0) is 0 Å². The molecule has 0 amide bonds. The minimum Gasteiger partial charge on any atom is -0.304 e. The maximum absolute atomic E-state index is 13.5. The molecule has 0 fully saturated rings. The van der Waals surface area contributed by atoms with Crippen LogP contribution in [0.25, 0.3) is 0 Å². The molecule has 3 unspecified atom stereocenters. The van der Waals surface area contributed by atoms with Gasteiger partial charge in [-0.05, 0) is 58.5 Å². The van der Waals surface area contributed by atoms with Gasteiger partial charge in [-0.15, -0.1) is 0 Å². The van der Waals surface area contributed by atoms with Gasteiger partial charge in [-0.1, -0.05) is 19.1 Å². The van der Waals surface area contributed by atoms with Crippen molar-refractivity contribution in [2.24, 2.45) is 5.92 Å². The van der Waals surface area contributed by atoms with Gasteiger partial charge < -0.3 is 4.90 Å². The topological polar surface area (TPSA) is 3.24 Å². The van der Waals surface area contributed by atoms with E-state index in [9.17, 15) is 4.39 Å². The number of nitrogens with zero attached hydrogens (tertiary/aromatic N) is 1. The van der Waals surface area contributed by atoms with Crippen molar-refractivity contribution >= 4 is 0 Å². The molecule has 16 heavy (non-hydrogen) atoms. The number of rotatable bonds is 6. The third-order valence-electron chi connectivity index (χ3n) is 3.76. The van der Waals surface area contributed by atoms with Crippen LogP contribution in [0.1, 0.15) is 46.0 Å². The van der Waals surface area contributed by atoms with Crippen LogP contribution in [0, 0.1) is 5.92 Å². The van der Waals surface area contributed by atoms with E-state index in [1.54, 1.807) is 6.08 Å². The van der Waals surface area contributed by atoms with Gasteiger partial charge in [0.1, 0.15) is 6.17 Å². The Hall–Kier alpha value is -0.370. The van der Waals surface area contributed by atoms with Gasteiger partial charge in [-0.2, -0.15) is 0 Å². The maximum atomic E-state index is 13.5. The van der Waals surface area contributed by atoms with E-state index in [1.165, 1.54) is 6.42 Å². The standard InChI is InChI=1S/C14H26FN/c1-4-11-16(3)12(2)9-10-13-7-5-6-8-14(13)15/h6,8,12-14H,4-5,7,9-11H2,1-3H3. The third kappa shape index (κ3) is 4.25. The Kier molecular flexibility index (Phi) is 6.04. The third-order valence-corrected chi connectivity index (χ3v) is 3.76. The largest absolute Gasteiger partial charge is 0.304 e. The molecule has 1 aliphatic rings. The minimum atomic E-state index is -0.697. The molecule has 0 saturated heterocycles. The Labute approximate surface area is 99.7 Å². The number of allylic oxidation sites excluding steroid dienone is 2. The summed E-state index contributed by atoms with van der Waals surface area (Å²) >= 11 is 0. The molecule has 3 atom stereocenters. The first-order chi connectivity index (χ1) is 7.65. The van der Waals surface area contributed by atoms with Gasteiger partial charge in [0, 0.05) is 6.04 Å². The highest BCUT2D eigenvalue weighted by atomic mass is 19.1. The molecule has 0 aromatic heterocycles. The van der Waals surface area contributed by atoms with Gasteiger partial charge in [-0.25, -0.2) is 4.39 Å². The lowest BCUT2D eigenvalue weighted by Gasteiger charge is -2.27. The van der Waals surface area contributed by atoms with Crippen molar-refractivity contribution in [3.8, 4) is 0 Å². The van der Waals surface area contributed by atoms with E-state index in [2.05, 4.69) is 25.8 Å².